The smallest absolute Gasteiger partial charge is 0.127 e. The maximum atomic E-state index is 5.47. The van der Waals surface area contributed by atoms with E-state index >= 15 is 0 Å². The van der Waals surface area contributed by atoms with Gasteiger partial charge in [0.2, 0.25) is 0 Å². The third-order valence-corrected chi connectivity index (χ3v) is 2.36. The van der Waals surface area contributed by atoms with Gasteiger partial charge in [-0.05, 0) is 24.9 Å². The fourth-order valence-corrected chi connectivity index (χ4v) is 1.52. The molecule has 1 rings (SSSR count). The third kappa shape index (κ3) is 3.36. The lowest BCUT2D eigenvalue weighted by molar-refractivity contribution is 0.832. The van der Waals surface area contributed by atoms with E-state index in [-0.39, 0.29) is 0 Å². The van der Waals surface area contributed by atoms with Gasteiger partial charge in [-0.1, -0.05) is 24.3 Å². The van der Waals surface area contributed by atoms with E-state index in [4.69, 9.17) is 5.73 Å². The Morgan fingerprint density at radius 2 is 2.00 bits per heavy atom. The summed E-state index contributed by atoms with van der Waals surface area (Å²) in [5, 5.41) is 3.06. The standard InChI is InChI=1S/C12H19N3/c1-14-12(15-2)11-7-5-10(6-8-11)4-3-9-13/h5-8H,3-4,9,13H2,1-2H3,(H,14,15). The number of amidine groups is 1. The second-order valence-electron chi connectivity index (χ2n) is 3.41. The first-order chi connectivity index (χ1) is 7.31. The molecule has 3 nitrogen and oxygen atoms in total. The van der Waals surface area contributed by atoms with Crippen LogP contribution in [0.25, 0.3) is 0 Å². The van der Waals surface area contributed by atoms with Gasteiger partial charge in [-0.15, -0.1) is 0 Å². The van der Waals surface area contributed by atoms with Crippen LogP contribution >= 0.6 is 0 Å². The van der Waals surface area contributed by atoms with Crippen molar-refractivity contribution in [2.45, 2.75) is 12.8 Å². The SMILES string of the molecule is CN=C(NC)c1ccc(CCCN)cc1. The van der Waals surface area contributed by atoms with Crippen LogP contribution in [0.15, 0.2) is 29.3 Å². The zero-order valence-electron chi connectivity index (χ0n) is 9.46. The largest absolute Gasteiger partial charge is 0.373 e. The molecule has 0 aliphatic carbocycles. The average Bonchev–Trinajstić information content (AvgIpc) is 2.29. The summed E-state index contributed by atoms with van der Waals surface area (Å²) in [6.45, 7) is 0.750. The molecule has 0 unspecified atom stereocenters. The van der Waals surface area contributed by atoms with E-state index in [1.807, 2.05) is 7.05 Å². The summed E-state index contributed by atoms with van der Waals surface area (Å²) in [5.41, 5.74) is 7.92. The van der Waals surface area contributed by atoms with E-state index in [0.717, 1.165) is 30.8 Å². The van der Waals surface area contributed by atoms with Gasteiger partial charge in [-0.2, -0.15) is 0 Å². The molecular weight excluding hydrogens is 186 g/mol. The van der Waals surface area contributed by atoms with Gasteiger partial charge in [0, 0.05) is 19.7 Å². The highest BCUT2D eigenvalue weighted by Crippen LogP contribution is 2.06. The van der Waals surface area contributed by atoms with Crippen molar-refractivity contribution in [1.29, 1.82) is 0 Å². The maximum absolute atomic E-state index is 5.47. The molecule has 3 heteroatoms. The summed E-state index contributed by atoms with van der Waals surface area (Å²) < 4.78 is 0. The molecular formula is C12H19N3. The molecule has 0 heterocycles. The number of hydrogen-bond acceptors (Lipinski definition) is 2. The van der Waals surface area contributed by atoms with Gasteiger partial charge in [0.05, 0.1) is 0 Å². The fourth-order valence-electron chi connectivity index (χ4n) is 1.52. The Kier molecular flexibility index (Phi) is 4.84. The molecule has 0 radical (unpaired) electrons. The first-order valence-corrected chi connectivity index (χ1v) is 5.25. The molecule has 0 saturated heterocycles. The van der Waals surface area contributed by atoms with Gasteiger partial charge in [0.25, 0.3) is 0 Å². The average molecular weight is 205 g/mol. The number of nitrogens with one attached hydrogen (secondary N) is 1. The maximum Gasteiger partial charge on any atom is 0.127 e. The second-order valence-corrected chi connectivity index (χ2v) is 3.41. The zero-order valence-corrected chi connectivity index (χ0v) is 9.46. The summed E-state index contributed by atoms with van der Waals surface area (Å²) in [6, 6.07) is 8.44. The van der Waals surface area contributed by atoms with Crippen LogP contribution < -0.4 is 11.1 Å². The van der Waals surface area contributed by atoms with Crippen molar-refractivity contribution in [3.63, 3.8) is 0 Å². The molecule has 0 bridgehead atoms. The molecule has 0 atom stereocenters. The van der Waals surface area contributed by atoms with Crippen molar-refractivity contribution in [1.82, 2.24) is 5.32 Å². The van der Waals surface area contributed by atoms with E-state index in [1.165, 1.54) is 5.56 Å². The summed E-state index contributed by atoms with van der Waals surface area (Å²) in [6.07, 6.45) is 2.09. The summed E-state index contributed by atoms with van der Waals surface area (Å²) in [5.74, 6) is 0.917. The van der Waals surface area contributed by atoms with Gasteiger partial charge in [0.1, 0.15) is 5.84 Å². The Morgan fingerprint density at radius 1 is 1.33 bits per heavy atom. The highest BCUT2D eigenvalue weighted by Gasteiger charge is 1.99. The van der Waals surface area contributed by atoms with Crippen molar-refractivity contribution >= 4 is 5.84 Å². The van der Waals surface area contributed by atoms with Gasteiger partial charge in [0.15, 0.2) is 0 Å². The minimum Gasteiger partial charge on any atom is -0.373 e. The Hall–Kier alpha value is -1.35. The van der Waals surface area contributed by atoms with Gasteiger partial charge >= 0.3 is 0 Å². The Morgan fingerprint density at radius 3 is 2.47 bits per heavy atom. The molecule has 1 aromatic carbocycles. The topological polar surface area (TPSA) is 50.4 Å². The van der Waals surface area contributed by atoms with E-state index in [2.05, 4.69) is 34.6 Å². The zero-order chi connectivity index (χ0) is 11.1. The van der Waals surface area contributed by atoms with Gasteiger partial charge in [-0.3, -0.25) is 4.99 Å². The number of aliphatic imine (C=N–C) groups is 1. The molecule has 1 aromatic rings. The molecule has 0 fully saturated rings. The van der Waals surface area contributed by atoms with Crippen molar-refractivity contribution < 1.29 is 0 Å². The van der Waals surface area contributed by atoms with E-state index < -0.39 is 0 Å². The molecule has 0 amide bonds. The highest BCUT2D eigenvalue weighted by atomic mass is 14.9. The van der Waals surface area contributed by atoms with Crippen molar-refractivity contribution in [2.24, 2.45) is 10.7 Å². The van der Waals surface area contributed by atoms with Crippen LogP contribution in [-0.4, -0.2) is 26.5 Å². The molecule has 0 spiro atoms. The fraction of sp³-hybridized carbons (Fsp3) is 0.417. The Bertz CT molecular complexity index is 314. The van der Waals surface area contributed by atoms with Crippen LogP contribution in [0.5, 0.6) is 0 Å². The number of hydrogen-bond donors (Lipinski definition) is 2. The minimum absolute atomic E-state index is 0.750. The van der Waals surface area contributed by atoms with E-state index in [1.54, 1.807) is 7.05 Å². The lowest BCUT2D eigenvalue weighted by Crippen LogP contribution is -2.19. The normalized spacial score (nSPS) is 11.5. The second kappa shape index (κ2) is 6.19. The summed E-state index contributed by atoms with van der Waals surface area (Å²) >= 11 is 0. The van der Waals surface area contributed by atoms with Crippen LogP contribution in [-0.2, 0) is 6.42 Å². The molecule has 0 aromatic heterocycles. The first kappa shape index (κ1) is 11.7. The van der Waals surface area contributed by atoms with Gasteiger partial charge in [-0.25, -0.2) is 0 Å². The highest BCUT2D eigenvalue weighted by molar-refractivity contribution is 5.98. The first-order valence-electron chi connectivity index (χ1n) is 5.25. The number of nitrogens with zero attached hydrogens (tertiary/aromatic N) is 1. The lowest BCUT2D eigenvalue weighted by atomic mass is 10.1. The predicted molar refractivity (Wildman–Crippen MR) is 65.3 cm³/mol. The number of rotatable bonds is 4. The summed E-state index contributed by atoms with van der Waals surface area (Å²) in [7, 11) is 3.67. The molecule has 0 aliphatic rings. The molecule has 3 N–H and O–H groups in total. The van der Waals surface area contributed by atoms with Crippen LogP contribution in [0, 0.1) is 0 Å². The van der Waals surface area contributed by atoms with Crippen LogP contribution in [0.4, 0.5) is 0 Å². The van der Waals surface area contributed by atoms with E-state index in [0.29, 0.717) is 0 Å². The number of aryl methyl sites for hydroxylation is 1. The minimum atomic E-state index is 0.750. The van der Waals surface area contributed by atoms with Crippen molar-refractivity contribution in [2.75, 3.05) is 20.6 Å². The van der Waals surface area contributed by atoms with Gasteiger partial charge < -0.3 is 11.1 Å². The van der Waals surface area contributed by atoms with Crippen molar-refractivity contribution in [3.8, 4) is 0 Å². The quantitative estimate of drug-likeness (QED) is 0.572. The molecule has 82 valence electrons. The van der Waals surface area contributed by atoms with Crippen LogP contribution in [0.2, 0.25) is 0 Å². The third-order valence-electron chi connectivity index (χ3n) is 2.36. The van der Waals surface area contributed by atoms with Crippen LogP contribution in [0.1, 0.15) is 17.5 Å². The molecule has 0 saturated carbocycles. The number of benzene rings is 1. The predicted octanol–water partition coefficient (Wildman–Crippen LogP) is 1.17. The lowest BCUT2D eigenvalue weighted by Gasteiger charge is -2.06. The van der Waals surface area contributed by atoms with Crippen LogP contribution in [0.3, 0.4) is 0 Å². The Balaban J connectivity index is 2.71. The Labute approximate surface area is 91.4 Å². The molecule has 0 aliphatic heterocycles. The summed E-state index contributed by atoms with van der Waals surface area (Å²) in [4.78, 5) is 4.15. The monoisotopic (exact) mass is 205 g/mol. The molecule has 15 heavy (non-hydrogen) atoms. The van der Waals surface area contributed by atoms with E-state index in [9.17, 15) is 0 Å². The van der Waals surface area contributed by atoms with Crippen molar-refractivity contribution in [3.05, 3.63) is 35.4 Å². The number of nitrogens with two attached hydrogens (primary N) is 1.